The number of benzene rings is 1. The van der Waals surface area contributed by atoms with Crippen molar-refractivity contribution in [2.45, 2.75) is 6.54 Å². The summed E-state index contributed by atoms with van der Waals surface area (Å²) in [5.41, 5.74) is 0.780. The largest absolute Gasteiger partial charge is 1.00 e. The topological polar surface area (TPSA) is 33.4 Å². The number of hydrogen-bond donors (Lipinski definition) is 0. The van der Waals surface area contributed by atoms with Crippen LogP contribution in [0.2, 0.25) is 5.02 Å². The van der Waals surface area contributed by atoms with Crippen LogP contribution >= 0.6 is 11.6 Å². The van der Waals surface area contributed by atoms with Gasteiger partial charge in [0.15, 0.2) is 12.4 Å². The van der Waals surface area contributed by atoms with Gasteiger partial charge in [-0.1, -0.05) is 17.7 Å². The number of aromatic nitrogens is 1. The van der Waals surface area contributed by atoms with Crippen LogP contribution in [0.15, 0.2) is 48.8 Å². The molecule has 2 heterocycles. The molecule has 0 radical (unpaired) electrons. The minimum absolute atomic E-state index is 0. The Morgan fingerprint density at radius 1 is 1.29 bits per heavy atom. The molecule has 0 bridgehead atoms. The number of anilines is 1. The van der Waals surface area contributed by atoms with Gasteiger partial charge in [0, 0.05) is 23.2 Å². The molecule has 3 rings (SSSR count). The summed E-state index contributed by atoms with van der Waals surface area (Å²) in [5, 5.41) is 0.607. The van der Waals surface area contributed by atoms with E-state index in [1.54, 1.807) is 17.0 Å². The molecule has 0 unspecified atom stereocenters. The van der Waals surface area contributed by atoms with Crippen LogP contribution in [-0.2, 0) is 11.3 Å². The lowest BCUT2D eigenvalue weighted by Crippen LogP contribution is -3.00. The molecule has 110 valence electrons. The molecule has 0 saturated carbocycles. The number of fused-ring (bicyclic) bond motifs is 1. The van der Waals surface area contributed by atoms with Gasteiger partial charge >= 0.3 is 0 Å². The fourth-order valence-corrected chi connectivity index (χ4v) is 2.40. The van der Waals surface area contributed by atoms with E-state index < -0.39 is 0 Å². The van der Waals surface area contributed by atoms with Gasteiger partial charge < -0.3 is 22.0 Å². The number of amides is 1. The molecular formula is C15H14Cl2N2O2. The van der Waals surface area contributed by atoms with Gasteiger partial charge in [0.05, 0.1) is 12.2 Å². The summed E-state index contributed by atoms with van der Waals surface area (Å²) in [5.74, 6) is 0.697. The maximum atomic E-state index is 12.4. The Balaban J connectivity index is 0.00000161. The third kappa shape index (κ3) is 3.46. The van der Waals surface area contributed by atoms with Crippen molar-refractivity contribution in [2.75, 3.05) is 18.1 Å². The molecule has 0 N–H and O–H groups in total. The van der Waals surface area contributed by atoms with Crippen molar-refractivity contribution in [1.82, 2.24) is 0 Å². The van der Waals surface area contributed by atoms with Crippen LogP contribution in [0.3, 0.4) is 0 Å². The number of halogens is 2. The van der Waals surface area contributed by atoms with Gasteiger partial charge in [-0.25, -0.2) is 0 Å². The first-order valence-electron chi connectivity index (χ1n) is 6.41. The lowest BCUT2D eigenvalue weighted by molar-refractivity contribution is -0.684. The lowest BCUT2D eigenvalue weighted by Gasteiger charge is -2.28. The quantitative estimate of drug-likeness (QED) is 0.668. The summed E-state index contributed by atoms with van der Waals surface area (Å²) in [4.78, 5) is 14.2. The number of rotatable bonds is 2. The molecule has 4 nitrogen and oxygen atoms in total. The predicted molar refractivity (Wildman–Crippen MR) is 75.9 cm³/mol. The van der Waals surface area contributed by atoms with Crippen LogP contribution in [0.4, 0.5) is 5.69 Å². The number of pyridine rings is 1. The number of hydrogen-bond acceptors (Lipinski definition) is 2. The lowest BCUT2D eigenvalue weighted by atomic mass is 10.2. The van der Waals surface area contributed by atoms with E-state index in [0.717, 1.165) is 5.69 Å². The van der Waals surface area contributed by atoms with Crippen LogP contribution in [-0.4, -0.2) is 19.1 Å². The summed E-state index contributed by atoms with van der Waals surface area (Å²) in [7, 11) is 0. The Morgan fingerprint density at radius 2 is 2.05 bits per heavy atom. The van der Waals surface area contributed by atoms with Crippen LogP contribution in [0.5, 0.6) is 5.75 Å². The molecule has 6 heteroatoms. The zero-order chi connectivity index (χ0) is 13.9. The highest BCUT2D eigenvalue weighted by atomic mass is 35.5. The second kappa shape index (κ2) is 6.78. The van der Waals surface area contributed by atoms with Crippen molar-refractivity contribution in [3.05, 3.63) is 53.8 Å². The van der Waals surface area contributed by atoms with Crippen molar-refractivity contribution in [2.24, 2.45) is 0 Å². The molecule has 2 aromatic rings. The molecule has 1 aromatic carbocycles. The molecule has 1 aliphatic heterocycles. The molecule has 0 saturated heterocycles. The second-order valence-electron chi connectivity index (χ2n) is 4.55. The van der Waals surface area contributed by atoms with Gasteiger partial charge in [-0.15, -0.1) is 0 Å². The van der Waals surface area contributed by atoms with E-state index in [1.165, 1.54) is 0 Å². The Morgan fingerprint density at radius 3 is 2.81 bits per heavy atom. The van der Waals surface area contributed by atoms with Gasteiger partial charge in [-0.2, -0.15) is 4.57 Å². The predicted octanol–water partition coefficient (Wildman–Crippen LogP) is -0.943. The summed E-state index contributed by atoms with van der Waals surface area (Å²) in [6.07, 6.45) is 3.75. The average Bonchev–Trinajstić information content (AvgIpc) is 2.47. The van der Waals surface area contributed by atoms with Crippen molar-refractivity contribution >= 4 is 23.2 Å². The highest BCUT2D eigenvalue weighted by Crippen LogP contribution is 2.33. The summed E-state index contributed by atoms with van der Waals surface area (Å²) in [6.45, 7) is 1.35. The standard InChI is InChI=1S/C15H14ClN2O2.ClH/c16-12-4-5-13-14(10-12)20-9-8-18(13)15(19)11-17-6-2-1-3-7-17;/h1-7,10H,8-9,11H2;1H/q+1;/p-1. The second-order valence-corrected chi connectivity index (χ2v) is 4.99. The van der Waals surface area contributed by atoms with E-state index >= 15 is 0 Å². The smallest absolute Gasteiger partial charge is 0.293 e. The zero-order valence-electron chi connectivity index (χ0n) is 11.2. The fraction of sp³-hybridized carbons (Fsp3) is 0.200. The van der Waals surface area contributed by atoms with E-state index in [0.29, 0.717) is 30.5 Å². The normalized spacial score (nSPS) is 12.9. The zero-order valence-corrected chi connectivity index (χ0v) is 12.7. The van der Waals surface area contributed by atoms with Crippen molar-refractivity contribution in [3.63, 3.8) is 0 Å². The fourth-order valence-electron chi connectivity index (χ4n) is 2.23. The molecule has 0 spiro atoms. The third-order valence-electron chi connectivity index (χ3n) is 3.18. The first kappa shape index (κ1) is 15.6. The van der Waals surface area contributed by atoms with E-state index in [-0.39, 0.29) is 18.3 Å². The van der Waals surface area contributed by atoms with Crippen molar-refractivity contribution < 1.29 is 26.5 Å². The van der Waals surface area contributed by atoms with Crippen molar-refractivity contribution in [1.29, 1.82) is 0 Å². The molecule has 0 atom stereocenters. The Labute approximate surface area is 134 Å². The highest BCUT2D eigenvalue weighted by molar-refractivity contribution is 6.30. The van der Waals surface area contributed by atoms with E-state index in [9.17, 15) is 4.79 Å². The number of nitrogens with zero attached hydrogens (tertiary/aromatic N) is 2. The van der Waals surface area contributed by atoms with E-state index in [2.05, 4.69) is 0 Å². The summed E-state index contributed by atoms with van der Waals surface area (Å²) in [6, 6.07) is 11.1. The minimum atomic E-state index is 0. The molecule has 1 aromatic heterocycles. The van der Waals surface area contributed by atoms with Crippen LogP contribution in [0, 0.1) is 0 Å². The van der Waals surface area contributed by atoms with Gasteiger partial charge in [0.1, 0.15) is 12.4 Å². The molecular weight excluding hydrogens is 311 g/mol. The molecule has 0 fully saturated rings. The molecule has 1 amide bonds. The number of carbonyl (C=O) groups excluding carboxylic acids is 1. The monoisotopic (exact) mass is 324 g/mol. The number of carbonyl (C=O) groups is 1. The van der Waals surface area contributed by atoms with Crippen LogP contribution in [0.1, 0.15) is 0 Å². The molecule has 21 heavy (non-hydrogen) atoms. The summed E-state index contributed by atoms with van der Waals surface area (Å²) < 4.78 is 7.40. The first-order valence-corrected chi connectivity index (χ1v) is 6.78. The van der Waals surface area contributed by atoms with E-state index in [1.807, 2.05) is 41.2 Å². The maximum absolute atomic E-state index is 12.4. The SMILES string of the molecule is O=C(C[n+]1ccccc1)N1CCOc2cc(Cl)ccc21.[Cl-]. The average molecular weight is 325 g/mol. The third-order valence-corrected chi connectivity index (χ3v) is 3.42. The van der Waals surface area contributed by atoms with E-state index in [4.69, 9.17) is 16.3 Å². The first-order chi connectivity index (χ1) is 9.74. The van der Waals surface area contributed by atoms with Crippen LogP contribution < -0.4 is 26.6 Å². The Kier molecular flexibility index (Phi) is 5.04. The molecule has 1 aliphatic rings. The maximum Gasteiger partial charge on any atom is 0.293 e. The van der Waals surface area contributed by atoms with Gasteiger partial charge in [0.25, 0.3) is 5.91 Å². The molecule has 0 aliphatic carbocycles. The summed E-state index contributed by atoms with van der Waals surface area (Å²) >= 11 is 5.95. The minimum Gasteiger partial charge on any atom is -1.00 e. The Bertz CT molecular complexity index is 635. The number of ether oxygens (including phenoxy) is 1. The van der Waals surface area contributed by atoms with Gasteiger partial charge in [-0.05, 0) is 12.1 Å². The van der Waals surface area contributed by atoms with Crippen molar-refractivity contribution in [3.8, 4) is 5.75 Å². The van der Waals surface area contributed by atoms with Gasteiger partial charge in [0.2, 0.25) is 6.54 Å². The van der Waals surface area contributed by atoms with Gasteiger partial charge in [-0.3, -0.25) is 4.79 Å². The Hall–Kier alpha value is -1.78. The van der Waals surface area contributed by atoms with Crippen LogP contribution in [0.25, 0.3) is 0 Å². The highest BCUT2D eigenvalue weighted by Gasteiger charge is 2.25.